The Morgan fingerprint density at radius 2 is 1.10 bits per heavy atom. The van der Waals surface area contributed by atoms with Gasteiger partial charge in [0.25, 0.3) is 11.1 Å². The Balaban J connectivity index is 1.47. The van der Waals surface area contributed by atoms with E-state index in [2.05, 4.69) is 41.0 Å². The minimum Gasteiger partial charge on any atom is -0.382 e. The van der Waals surface area contributed by atoms with E-state index in [0.29, 0.717) is 43.2 Å². The molecule has 2 atom stereocenters. The fourth-order valence-electron chi connectivity index (χ4n) is 4.37. The Morgan fingerprint density at radius 1 is 0.714 bits per heavy atom. The average Bonchev–Trinajstić information content (AvgIpc) is 2.97. The summed E-state index contributed by atoms with van der Waals surface area (Å²) >= 11 is 12.0. The van der Waals surface area contributed by atoms with E-state index in [1.165, 1.54) is 14.1 Å². The fourth-order valence-corrected chi connectivity index (χ4v) is 4.71. The van der Waals surface area contributed by atoms with Crippen molar-refractivity contribution in [1.82, 2.24) is 30.8 Å². The molecule has 0 aliphatic rings. The van der Waals surface area contributed by atoms with Gasteiger partial charge in [0, 0.05) is 24.1 Å². The van der Waals surface area contributed by atoms with Crippen LogP contribution < -0.4 is 22.0 Å². The molecule has 5 rings (SSSR count). The molecule has 0 fully saturated rings. The van der Waals surface area contributed by atoms with Crippen molar-refractivity contribution >= 4 is 56.7 Å². The lowest BCUT2D eigenvalue weighted by molar-refractivity contribution is 0.243. The molecule has 214 valence electrons. The van der Waals surface area contributed by atoms with E-state index in [9.17, 15) is 19.8 Å². The van der Waals surface area contributed by atoms with Crippen LogP contribution in [0.4, 0.5) is 0 Å². The second kappa shape index (κ2) is 12.1. The molecule has 3 aromatic carbocycles. The summed E-state index contributed by atoms with van der Waals surface area (Å²) in [7, 11) is 3.06. The molecule has 42 heavy (non-hydrogen) atoms. The Bertz CT molecular complexity index is 1830. The molecule has 0 unspecified atom stereocenters. The second-order valence-electron chi connectivity index (χ2n) is 9.07. The first kappa shape index (κ1) is 28.9. The zero-order valence-corrected chi connectivity index (χ0v) is 23.7. The van der Waals surface area contributed by atoms with Crippen LogP contribution in [0.3, 0.4) is 0 Å². The van der Waals surface area contributed by atoms with Crippen molar-refractivity contribution in [3.8, 4) is 0 Å². The highest BCUT2D eigenvalue weighted by molar-refractivity contribution is 6.31. The monoisotopic (exact) mass is 606 g/mol. The highest BCUT2D eigenvalue weighted by Crippen LogP contribution is 2.24. The van der Waals surface area contributed by atoms with Crippen LogP contribution in [0.15, 0.2) is 80.5 Å². The van der Waals surface area contributed by atoms with Gasteiger partial charge >= 0.3 is 0 Å². The van der Waals surface area contributed by atoms with Gasteiger partial charge in [0.05, 0.1) is 22.1 Å². The highest BCUT2D eigenvalue weighted by atomic mass is 35.5. The highest BCUT2D eigenvalue weighted by Gasteiger charge is 2.25. The third-order valence-corrected chi connectivity index (χ3v) is 6.81. The molecule has 2 heterocycles. The molecular weight excluding hydrogens is 583 g/mol. The van der Waals surface area contributed by atoms with Crippen molar-refractivity contribution in [2.75, 3.05) is 14.1 Å². The number of rotatable bonds is 8. The lowest BCUT2D eigenvalue weighted by atomic mass is 9.97. The summed E-state index contributed by atoms with van der Waals surface area (Å²) in [6.07, 6.45) is -2.71. The Kier molecular flexibility index (Phi) is 8.31. The fraction of sp³-hybridized carbons (Fsp3) is 0.143. The van der Waals surface area contributed by atoms with Crippen LogP contribution in [0.1, 0.15) is 34.7 Å². The molecule has 0 aliphatic carbocycles. The number of hydrazone groups is 2. The predicted molar refractivity (Wildman–Crippen MR) is 162 cm³/mol. The van der Waals surface area contributed by atoms with Crippen LogP contribution in [0.5, 0.6) is 0 Å². The van der Waals surface area contributed by atoms with Crippen molar-refractivity contribution in [3.63, 3.8) is 0 Å². The van der Waals surface area contributed by atoms with Gasteiger partial charge in [-0.3, -0.25) is 9.59 Å². The van der Waals surface area contributed by atoms with E-state index in [1.54, 1.807) is 60.7 Å². The second-order valence-corrected chi connectivity index (χ2v) is 9.94. The normalized spacial score (nSPS) is 13.8. The van der Waals surface area contributed by atoms with E-state index in [-0.39, 0.29) is 22.8 Å². The summed E-state index contributed by atoms with van der Waals surface area (Å²) in [5.74, 6) is 0. The SMILES string of the molecule is CN/N=C(/c1nc2ccc(Cl)cc2[nH]c1=O)[C@@H](O)c1ccc([C@@H](O)/C(=N/NC)c2nc3ccc(Cl)cc3[nH]c2=O)cc1. The number of nitrogens with one attached hydrogen (secondary N) is 4. The molecule has 0 radical (unpaired) electrons. The molecule has 0 aliphatic heterocycles. The van der Waals surface area contributed by atoms with Crippen LogP contribution in [-0.4, -0.2) is 55.7 Å². The number of aromatic nitrogens is 4. The maximum atomic E-state index is 12.9. The quantitative estimate of drug-likeness (QED) is 0.115. The zero-order valence-electron chi connectivity index (χ0n) is 22.2. The number of fused-ring (bicyclic) bond motifs is 2. The van der Waals surface area contributed by atoms with Gasteiger partial charge in [-0.25, -0.2) is 9.97 Å². The molecule has 0 saturated carbocycles. The van der Waals surface area contributed by atoms with Crippen LogP contribution in [0.25, 0.3) is 22.1 Å². The lowest BCUT2D eigenvalue weighted by Crippen LogP contribution is -2.28. The first-order chi connectivity index (χ1) is 20.2. The standard InChI is InChI=1S/C28H24Cl2N8O4/c1-31-37-21(23-27(41)35-19-11-15(29)7-9-17(19)33-23)25(39)13-3-5-14(6-4-13)26(40)22(38-32-2)24-28(42)36-20-12-16(30)8-10-18(20)34-24/h3-12,25-26,31-32,39-40H,1-2H3,(H,35,41)(H,36,42)/b37-21-,38-22+/t25-,26+/m0/s1. The first-order valence-electron chi connectivity index (χ1n) is 12.5. The number of benzene rings is 3. The summed E-state index contributed by atoms with van der Waals surface area (Å²) in [6, 6.07) is 15.9. The van der Waals surface area contributed by atoms with Crippen LogP contribution >= 0.6 is 23.2 Å². The van der Waals surface area contributed by atoms with Crippen molar-refractivity contribution in [3.05, 3.63) is 114 Å². The summed E-state index contributed by atoms with van der Waals surface area (Å²) in [5.41, 5.74) is 6.41. The van der Waals surface area contributed by atoms with Gasteiger partial charge in [0.1, 0.15) is 23.6 Å². The number of aliphatic hydroxyl groups excluding tert-OH is 2. The third kappa shape index (κ3) is 5.74. The number of H-pyrrole nitrogens is 2. The first-order valence-corrected chi connectivity index (χ1v) is 13.3. The molecule has 0 bridgehead atoms. The van der Waals surface area contributed by atoms with Crippen LogP contribution in [0, 0.1) is 0 Å². The van der Waals surface area contributed by atoms with Gasteiger partial charge in [-0.15, -0.1) is 0 Å². The summed E-state index contributed by atoms with van der Waals surface area (Å²) in [4.78, 5) is 39.9. The minimum atomic E-state index is -1.36. The number of aromatic amines is 2. The van der Waals surface area contributed by atoms with Crippen molar-refractivity contribution < 1.29 is 10.2 Å². The number of hydrogen-bond acceptors (Lipinski definition) is 10. The summed E-state index contributed by atoms with van der Waals surface area (Å²) in [5, 5.41) is 31.6. The average molecular weight is 607 g/mol. The van der Waals surface area contributed by atoms with Gasteiger partial charge in [-0.1, -0.05) is 47.5 Å². The van der Waals surface area contributed by atoms with Crippen LogP contribution in [0.2, 0.25) is 10.0 Å². The molecule has 14 heteroatoms. The molecule has 0 saturated heterocycles. The largest absolute Gasteiger partial charge is 0.382 e. The smallest absolute Gasteiger partial charge is 0.276 e. The molecule has 5 aromatic rings. The summed E-state index contributed by atoms with van der Waals surface area (Å²) in [6.45, 7) is 0. The summed E-state index contributed by atoms with van der Waals surface area (Å²) < 4.78 is 0. The van der Waals surface area contributed by atoms with Gasteiger partial charge in [-0.05, 0) is 47.5 Å². The van der Waals surface area contributed by atoms with Crippen molar-refractivity contribution in [2.45, 2.75) is 12.2 Å². The number of hydrogen-bond donors (Lipinski definition) is 6. The number of nitrogens with zero attached hydrogens (tertiary/aromatic N) is 4. The minimum absolute atomic E-state index is 0.0201. The van der Waals surface area contributed by atoms with E-state index in [0.717, 1.165) is 0 Å². The number of aliphatic hydroxyl groups is 2. The molecule has 0 amide bonds. The van der Waals surface area contributed by atoms with Gasteiger partial charge < -0.3 is 31.0 Å². The Hall–Kier alpha value is -4.62. The van der Waals surface area contributed by atoms with Crippen molar-refractivity contribution in [2.24, 2.45) is 10.2 Å². The maximum absolute atomic E-state index is 12.9. The zero-order chi connectivity index (χ0) is 30.0. The molecule has 0 spiro atoms. The van der Waals surface area contributed by atoms with Crippen LogP contribution in [-0.2, 0) is 0 Å². The van der Waals surface area contributed by atoms with Crippen molar-refractivity contribution in [1.29, 1.82) is 0 Å². The van der Waals surface area contributed by atoms with E-state index >= 15 is 0 Å². The molecule has 6 N–H and O–H groups in total. The Labute approximate surface area is 247 Å². The van der Waals surface area contributed by atoms with Gasteiger partial charge in [0.2, 0.25) is 0 Å². The Morgan fingerprint density at radius 3 is 1.45 bits per heavy atom. The predicted octanol–water partition coefficient (Wildman–Crippen LogP) is 2.78. The molecule has 12 nitrogen and oxygen atoms in total. The van der Waals surface area contributed by atoms with E-state index in [1.807, 2.05) is 0 Å². The molecule has 2 aromatic heterocycles. The topological polar surface area (TPSA) is 181 Å². The lowest BCUT2D eigenvalue weighted by Gasteiger charge is -2.17. The van der Waals surface area contributed by atoms with Gasteiger partial charge in [-0.2, -0.15) is 10.2 Å². The number of halogens is 2. The third-order valence-electron chi connectivity index (χ3n) is 6.34. The molecular formula is C28H24Cl2N8O4. The maximum Gasteiger partial charge on any atom is 0.276 e. The van der Waals surface area contributed by atoms with E-state index < -0.39 is 23.3 Å². The van der Waals surface area contributed by atoms with E-state index in [4.69, 9.17) is 23.2 Å². The van der Waals surface area contributed by atoms with Gasteiger partial charge in [0.15, 0.2) is 11.4 Å².